The second-order valence-electron chi connectivity index (χ2n) is 6.97. The van der Waals surface area contributed by atoms with Crippen molar-refractivity contribution in [2.45, 2.75) is 38.6 Å². The van der Waals surface area contributed by atoms with Gasteiger partial charge in [-0.25, -0.2) is 13.2 Å². The number of aryl methyl sites for hydroxylation is 2. The van der Waals surface area contributed by atoms with Crippen molar-refractivity contribution in [2.24, 2.45) is 0 Å². The number of benzene rings is 2. The summed E-state index contributed by atoms with van der Waals surface area (Å²) in [5.41, 5.74) is 2.83. The molecule has 0 saturated heterocycles. The molecule has 2 N–H and O–H groups in total. The second kappa shape index (κ2) is 8.82. The van der Waals surface area contributed by atoms with Gasteiger partial charge in [0.15, 0.2) is 17.5 Å². The molecule has 0 radical (unpaired) electrons. The molecule has 1 atom stereocenters. The molecule has 0 spiro atoms. The number of anilines is 1. The van der Waals surface area contributed by atoms with Gasteiger partial charge < -0.3 is 10.6 Å². The van der Waals surface area contributed by atoms with E-state index >= 15 is 0 Å². The third-order valence-electron chi connectivity index (χ3n) is 4.99. The number of carbonyl (C=O) groups is 1. The fourth-order valence-electron chi connectivity index (χ4n) is 3.32. The van der Waals surface area contributed by atoms with Crippen molar-refractivity contribution in [2.75, 3.05) is 5.32 Å². The molecule has 1 aliphatic rings. The van der Waals surface area contributed by atoms with Crippen molar-refractivity contribution in [3.8, 4) is 6.07 Å². The Balaban J connectivity index is 1.70. The van der Waals surface area contributed by atoms with Gasteiger partial charge >= 0.3 is 0 Å². The van der Waals surface area contributed by atoms with E-state index in [1.165, 1.54) is 17.5 Å². The fraction of sp³-hybridized carbons (Fsp3) is 0.273. The molecule has 0 saturated carbocycles. The molecule has 150 valence electrons. The first-order valence-electron chi connectivity index (χ1n) is 9.33. The molecule has 0 bridgehead atoms. The Kier molecular flexibility index (Phi) is 6.23. The summed E-state index contributed by atoms with van der Waals surface area (Å²) in [7, 11) is 0. The molecule has 2 aromatic carbocycles. The van der Waals surface area contributed by atoms with Gasteiger partial charge in [-0.1, -0.05) is 18.2 Å². The van der Waals surface area contributed by atoms with Crippen molar-refractivity contribution < 1.29 is 18.0 Å². The lowest BCUT2D eigenvalue weighted by Crippen LogP contribution is -2.28. The predicted octanol–water partition coefficient (Wildman–Crippen LogP) is 4.68. The topological polar surface area (TPSA) is 64.9 Å². The molecule has 0 fully saturated rings. The van der Waals surface area contributed by atoms with E-state index in [4.69, 9.17) is 0 Å². The third-order valence-corrected chi connectivity index (χ3v) is 4.99. The van der Waals surface area contributed by atoms with E-state index in [0.717, 1.165) is 43.2 Å². The van der Waals surface area contributed by atoms with E-state index in [9.17, 15) is 23.2 Å². The average Bonchev–Trinajstić information content (AvgIpc) is 2.73. The second-order valence-corrected chi connectivity index (χ2v) is 6.97. The maximum atomic E-state index is 13.7. The van der Waals surface area contributed by atoms with Crippen molar-refractivity contribution in [1.82, 2.24) is 5.32 Å². The number of nitrogens with zero attached hydrogens (tertiary/aromatic N) is 1. The lowest BCUT2D eigenvalue weighted by atomic mass is 9.89. The van der Waals surface area contributed by atoms with Crippen LogP contribution < -0.4 is 10.6 Å². The van der Waals surface area contributed by atoms with Gasteiger partial charge in [-0.05, 0) is 61.4 Å². The van der Waals surface area contributed by atoms with Crippen LogP contribution in [-0.2, 0) is 17.6 Å². The summed E-state index contributed by atoms with van der Waals surface area (Å²) in [5.74, 6) is -5.05. The summed E-state index contributed by atoms with van der Waals surface area (Å²) >= 11 is 0. The van der Waals surface area contributed by atoms with Crippen LogP contribution in [0.15, 0.2) is 42.1 Å². The monoisotopic (exact) mass is 399 g/mol. The third kappa shape index (κ3) is 4.60. The van der Waals surface area contributed by atoms with Crippen LogP contribution in [0, 0.1) is 28.8 Å². The molecule has 7 heteroatoms. The lowest BCUT2D eigenvalue weighted by molar-refractivity contribution is -0.117. The number of fused-ring (bicyclic) bond motifs is 1. The Morgan fingerprint density at radius 2 is 1.83 bits per heavy atom. The minimum absolute atomic E-state index is 0.320. The number of halogens is 3. The first-order chi connectivity index (χ1) is 13.9. The van der Waals surface area contributed by atoms with Crippen LogP contribution >= 0.6 is 0 Å². The highest BCUT2D eigenvalue weighted by Gasteiger charge is 2.17. The summed E-state index contributed by atoms with van der Waals surface area (Å²) in [5, 5.41) is 14.3. The summed E-state index contributed by atoms with van der Waals surface area (Å²) in [6.45, 7) is 1.81. The fourth-order valence-corrected chi connectivity index (χ4v) is 3.32. The molecule has 1 aliphatic carbocycles. The molecular formula is C22H20F3N3O. The van der Waals surface area contributed by atoms with E-state index in [0.29, 0.717) is 0 Å². The predicted molar refractivity (Wildman–Crippen MR) is 103 cm³/mol. The Morgan fingerprint density at radius 3 is 2.55 bits per heavy atom. The van der Waals surface area contributed by atoms with Crippen LogP contribution in [0.3, 0.4) is 0 Å². The number of hydrogen-bond donors (Lipinski definition) is 2. The SMILES string of the molecule is CC(NC(=O)/C(C#N)=C\Nc1ccc(F)c(F)c1F)c1ccc2c(c1)CCCC2. The molecule has 29 heavy (non-hydrogen) atoms. The molecule has 2 aromatic rings. The van der Waals surface area contributed by atoms with Crippen LogP contribution in [0.25, 0.3) is 0 Å². The maximum absolute atomic E-state index is 13.7. The highest BCUT2D eigenvalue weighted by molar-refractivity contribution is 5.97. The van der Waals surface area contributed by atoms with Crippen LogP contribution in [0.4, 0.5) is 18.9 Å². The van der Waals surface area contributed by atoms with E-state index in [1.807, 2.05) is 6.07 Å². The van der Waals surface area contributed by atoms with Crippen LogP contribution in [0.5, 0.6) is 0 Å². The molecule has 1 amide bonds. The number of rotatable bonds is 5. The molecule has 0 aliphatic heterocycles. The van der Waals surface area contributed by atoms with Gasteiger partial charge in [-0.3, -0.25) is 4.79 Å². The first kappa shape index (κ1) is 20.5. The smallest absolute Gasteiger partial charge is 0.263 e. The van der Waals surface area contributed by atoms with Crippen LogP contribution in [0.1, 0.15) is 42.5 Å². The number of carbonyl (C=O) groups excluding carboxylic acids is 1. The minimum Gasteiger partial charge on any atom is -0.358 e. The Bertz CT molecular complexity index is 1010. The zero-order valence-corrected chi connectivity index (χ0v) is 15.9. The van der Waals surface area contributed by atoms with E-state index in [-0.39, 0.29) is 17.3 Å². The summed E-state index contributed by atoms with van der Waals surface area (Å²) in [4.78, 5) is 12.4. The van der Waals surface area contributed by atoms with Crippen molar-refractivity contribution >= 4 is 11.6 Å². The van der Waals surface area contributed by atoms with Crippen molar-refractivity contribution in [1.29, 1.82) is 5.26 Å². The summed E-state index contributed by atoms with van der Waals surface area (Å²) in [6, 6.07) is 9.21. The van der Waals surface area contributed by atoms with E-state index < -0.39 is 23.4 Å². The van der Waals surface area contributed by atoms with Crippen molar-refractivity contribution in [3.05, 3.63) is 76.2 Å². The summed E-state index contributed by atoms with van der Waals surface area (Å²) in [6.07, 6.45) is 5.36. The number of hydrogen-bond acceptors (Lipinski definition) is 3. The van der Waals surface area contributed by atoms with Crippen molar-refractivity contribution in [3.63, 3.8) is 0 Å². The number of nitrogens with one attached hydrogen (secondary N) is 2. The molecular weight excluding hydrogens is 379 g/mol. The highest BCUT2D eigenvalue weighted by Crippen LogP contribution is 2.25. The molecule has 0 aromatic heterocycles. The van der Waals surface area contributed by atoms with Gasteiger partial charge in [0.05, 0.1) is 11.7 Å². The Labute approximate surface area is 167 Å². The largest absolute Gasteiger partial charge is 0.358 e. The first-order valence-corrected chi connectivity index (χ1v) is 9.33. The molecule has 1 unspecified atom stereocenters. The zero-order valence-electron chi connectivity index (χ0n) is 15.9. The average molecular weight is 399 g/mol. The highest BCUT2D eigenvalue weighted by atomic mass is 19.2. The Morgan fingerprint density at radius 1 is 1.10 bits per heavy atom. The van der Waals surface area contributed by atoms with Gasteiger partial charge in [0.25, 0.3) is 5.91 Å². The van der Waals surface area contributed by atoms with Crippen LogP contribution in [-0.4, -0.2) is 5.91 Å². The minimum atomic E-state index is -1.63. The van der Waals surface area contributed by atoms with Gasteiger partial charge in [-0.15, -0.1) is 0 Å². The van der Waals surface area contributed by atoms with E-state index in [1.54, 1.807) is 13.0 Å². The lowest BCUT2D eigenvalue weighted by Gasteiger charge is -2.20. The number of nitriles is 1. The van der Waals surface area contributed by atoms with E-state index in [2.05, 4.69) is 22.8 Å². The van der Waals surface area contributed by atoms with Crippen LogP contribution in [0.2, 0.25) is 0 Å². The molecule has 3 rings (SSSR count). The Hall–Kier alpha value is -3.27. The van der Waals surface area contributed by atoms with Gasteiger partial charge in [0, 0.05) is 6.20 Å². The normalized spacial score (nSPS) is 14.5. The van der Waals surface area contributed by atoms with Gasteiger partial charge in [0.1, 0.15) is 11.6 Å². The number of amides is 1. The quantitative estimate of drug-likeness (QED) is 0.436. The molecule has 0 heterocycles. The standard InChI is InChI=1S/C22H20F3N3O/c1-13(15-7-6-14-4-2-3-5-16(14)10-15)28-22(29)17(11-26)12-27-19-9-8-18(23)20(24)21(19)25/h6-10,12-13,27H,2-5H2,1H3,(H,28,29)/b17-12-. The van der Waals surface area contributed by atoms with Gasteiger partial charge in [-0.2, -0.15) is 5.26 Å². The summed E-state index contributed by atoms with van der Waals surface area (Å²) < 4.78 is 40.0. The van der Waals surface area contributed by atoms with Gasteiger partial charge in [0.2, 0.25) is 0 Å². The molecule has 4 nitrogen and oxygen atoms in total. The zero-order chi connectivity index (χ0) is 21.0. The maximum Gasteiger partial charge on any atom is 0.263 e.